The fourth-order valence-electron chi connectivity index (χ4n) is 1.71. The summed E-state index contributed by atoms with van der Waals surface area (Å²) < 4.78 is 5.26. The van der Waals surface area contributed by atoms with Gasteiger partial charge >= 0.3 is 0 Å². The maximum Gasteiger partial charge on any atom is 0.122 e. The predicted molar refractivity (Wildman–Crippen MR) is 62.2 cm³/mol. The van der Waals surface area contributed by atoms with Gasteiger partial charge in [0.25, 0.3) is 0 Å². The van der Waals surface area contributed by atoms with E-state index >= 15 is 0 Å². The molecule has 1 aromatic rings. The van der Waals surface area contributed by atoms with Gasteiger partial charge in [0.1, 0.15) is 5.75 Å². The van der Waals surface area contributed by atoms with Gasteiger partial charge in [0.05, 0.1) is 13.2 Å². The second-order valence-corrected chi connectivity index (χ2v) is 3.79. The Morgan fingerprint density at radius 3 is 2.67 bits per heavy atom. The molecule has 1 N–H and O–H groups in total. The number of ether oxygens (including phenoxy) is 1. The van der Waals surface area contributed by atoms with Crippen molar-refractivity contribution in [1.82, 2.24) is 0 Å². The Morgan fingerprint density at radius 2 is 2.00 bits per heavy atom. The molecule has 15 heavy (non-hydrogen) atoms. The van der Waals surface area contributed by atoms with Crippen LogP contribution in [0.25, 0.3) is 0 Å². The fraction of sp³-hybridized carbons (Fsp3) is 0.538. The van der Waals surface area contributed by atoms with Gasteiger partial charge in [0, 0.05) is 0 Å². The van der Waals surface area contributed by atoms with E-state index in [0.29, 0.717) is 0 Å². The summed E-state index contributed by atoms with van der Waals surface area (Å²) >= 11 is 0. The molecule has 84 valence electrons. The van der Waals surface area contributed by atoms with E-state index in [1.807, 2.05) is 18.2 Å². The average Bonchev–Trinajstić information content (AvgIpc) is 2.27. The molecule has 0 radical (unpaired) electrons. The molecule has 0 saturated carbocycles. The van der Waals surface area contributed by atoms with E-state index in [1.54, 1.807) is 7.11 Å². The van der Waals surface area contributed by atoms with Crippen LogP contribution in [0.2, 0.25) is 0 Å². The second-order valence-electron chi connectivity index (χ2n) is 3.79. The highest BCUT2D eigenvalue weighted by Crippen LogP contribution is 2.19. The SMILES string of the molecule is CCCC(O)CCc1ccccc1OC. The molecule has 1 rings (SSSR count). The number of aryl methyl sites for hydroxylation is 1. The second kappa shape index (κ2) is 6.46. The van der Waals surface area contributed by atoms with E-state index in [0.717, 1.165) is 31.4 Å². The Hall–Kier alpha value is -1.02. The van der Waals surface area contributed by atoms with Crippen LogP contribution in [-0.2, 0) is 6.42 Å². The van der Waals surface area contributed by atoms with E-state index in [2.05, 4.69) is 13.0 Å². The molecule has 0 aliphatic heterocycles. The maximum atomic E-state index is 9.63. The molecule has 0 aromatic heterocycles. The van der Waals surface area contributed by atoms with Crippen LogP contribution in [0.15, 0.2) is 24.3 Å². The maximum absolute atomic E-state index is 9.63. The Morgan fingerprint density at radius 1 is 1.27 bits per heavy atom. The summed E-state index contributed by atoms with van der Waals surface area (Å²) in [5, 5.41) is 9.63. The number of para-hydroxylation sites is 1. The standard InChI is InChI=1S/C13H20O2/c1-3-6-12(14)10-9-11-7-4-5-8-13(11)15-2/h4-5,7-8,12,14H,3,6,9-10H2,1-2H3. The van der Waals surface area contributed by atoms with Crippen LogP contribution in [0, 0.1) is 0 Å². The minimum Gasteiger partial charge on any atom is -0.496 e. The van der Waals surface area contributed by atoms with Gasteiger partial charge in [-0.05, 0) is 30.9 Å². The highest BCUT2D eigenvalue weighted by molar-refractivity contribution is 5.33. The third-order valence-corrected chi connectivity index (χ3v) is 2.56. The highest BCUT2D eigenvalue weighted by atomic mass is 16.5. The lowest BCUT2D eigenvalue weighted by Crippen LogP contribution is -2.07. The minimum absolute atomic E-state index is 0.181. The zero-order chi connectivity index (χ0) is 11.1. The lowest BCUT2D eigenvalue weighted by Gasteiger charge is -2.11. The van der Waals surface area contributed by atoms with Crippen LogP contribution in [-0.4, -0.2) is 18.3 Å². The first-order valence-corrected chi connectivity index (χ1v) is 5.58. The van der Waals surface area contributed by atoms with Crippen molar-refractivity contribution in [3.8, 4) is 5.75 Å². The van der Waals surface area contributed by atoms with E-state index in [-0.39, 0.29) is 6.10 Å². The molecule has 0 aliphatic rings. The Bertz CT molecular complexity index is 284. The molecule has 1 atom stereocenters. The molecule has 2 nitrogen and oxygen atoms in total. The lowest BCUT2D eigenvalue weighted by molar-refractivity contribution is 0.153. The zero-order valence-corrected chi connectivity index (χ0v) is 9.57. The molecule has 0 spiro atoms. The largest absolute Gasteiger partial charge is 0.496 e. The smallest absolute Gasteiger partial charge is 0.122 e. The molecule has 1 unspecified atom stereocenters. The van der Waals surface area contributed by atoms with E-state index < -0.39 is 0 Å². The van der Waals surface area contributed by atoms with Gasteiger partial charge in [-0.2, -0.15) is 0 Å². The molecule has 0 heterocycles. The summed E-state index contributed by atoms with van der Waals surface area (Å²) in [5.74, 6) is 0.918. The van der Waals surface area contributed by atoms with Gasteiger partial charge in [0.2, 0.25) is 0 Å². The molecule has 1 aromatic carbocycles. The van der Waals surface area contributed by atoms with Crippen molar-refractivity contribution in [2.45, 2.75) is 38.7 Å². The molecule has 0 bridgehead atoms. The van der Waals surface area contributed by atoms with Crippen molar-refractivity contribution in [2.24, 2.45) is 0 Å². The highest BCUT2D eigenvalue weighted by Gasteiger charge is 2.06. The van der Waals surface area contributed by atoms with Crippen LogP contribution >= 0.6 is 0 Å². The van der Waals surface area contributed by atoms with Crippen molar-refractivity contribution in [2.75, 3.05) is 7.11 Å². The molecular weight excluding hydrogens is 188 g/mol. The number of methoxy groups -OCH3 is 1. The van der Waals surface area contributed by atoms with Gasteiger partial charge in [-0.15, -0.1) is 0 Å². The molecule has 0 fully saturated rings. The predicted octanol–water partition coefficient (Wildman–Crippen LogP) is 2.79. The summed E-state index contributed by atoms with van der Waals surface area (Å²) in [6.07, 6.45) is 3.43. The van der Waals surface area contributed by atoms with Crippen LogP contribution in [0.3, 0.4) is 0 Å². The lowest BCUT2D eigenvalue weighted by atomic mass is 10.0. The van der Waals surface area contributed by atoms with Crippen molar-refractivity contribution < 1.29 is 9.84 Å². The van der Waals surface area contributed by atoms with Crippen molar-refractivity contribution in [3.63, 3.8) is 0 Å². The topological polar surface area (TPSA) is 29.5 Å². The normalized spacial score (nSPS) is 12.5. The van der Waals surface area contributed by atoms with Crippen LogP contribution in [0.4, 0.5) is 0 Å². The Labute approximate surface area is 91.9 Å². The summed E-state index contributed by atoms with van der Waals surface area (Å²) in [6.45, 7) is 2.09. The van der Waals surface area contributed by atoms with Gasteiger partial charge in [-0.25, -0.2) is 0 Å². The Balaban J connectivity index is 2.49. The van der Waals surface area contributed by atoms with Crippen LogP contribution in [0.1, 0.15) is 31.7 Å². The molecular formula is C13H20O2. The zero-order valence-electron chi connectivity index (χ0n) is 9.57. The summed E-state index contributed by atoms with van der Waals surface area (Å²) in [5.41, 5.74) is 1.18. The van der Waals surface area contributed by atoms with E-state index in [1.165, 1.54) is 5.56 Å². The number of hydrogen-bond acceptors (Lipinski definition) is 2. The fourth-order valence-corrected chi connectivity index (χ4v) is 1.71. The van der Waals surface area contributed by atoms with Crippen molar-refractivity contribution >= 4 is 0 Å². The van der Waals surface area contributed by atoms with Crippen LogP contribution in [0.5, 0.6) is 5.75 Å². The first-order chi connectivity index (χ1) is 7.27. The first-order valence-electron chi connectivity index (χ1n) is 5.58. The average molecular weight is 208 g/mol. The molecule has 0 aliphatic carbocycles. The Kier molecular flexibility index (Phi) is 5.19. The van der Waals surface area contributed by atoms with Gasteiger partial charge in [-0.1, -0.05) is 31.5 Å². The van der Waals surface area contributed by atoms with Crippen molar-refractivity contribution in [3.05, 3.63) is 29.8 Å². The summed E-state index contributed by atoms with van der Waals surface area (Å²) in [7, 11) is 1.68. The van der Waals surface area contributed by atoms with E-state index in [4.69, 9.17) is 4.74 Å². The summed E-state index contributed by atoms with van der Waals surface area (Å²) in [4.78, 5) is 0. The third kappa shape index (κ3) is 3.92. The number of benzene rings is 1. The van der Waals surface area contributed by atoms with Crippen LogP contribution < -0.4 is 4.74 Å². The number of hydrogen-bond donors (Lipinski definition) is 1. The van der Waals surface area contributed by atoms with Crippen molar-refractivity contribution in [1.29, 1.82) is 0 Å². The monoisotopic (exact) mass is 208 g/mol. The van der Waals surface area contributed by atoms with Gasteiger partial charge < -0.3 is 9.84 Å². The summed E-state index contributed by atoms with van der Waals surface area (Å²) in [6, 6.07) is 7.98. The third-order valence-electron chi connectivity index (χ3n) is 2.56. The quantitative estimate of drug-likeness (QED) is 0.779. The van der Waals surface area contributed by atoms with Gasteiger partial charge in [-0.3, -0.25) is 0 Å². The number of aliphatic hydroxyl groups excluding tert-OH is 1. The van der Waals surface area contributed by atoms with Gasteiger partial charge in [0.15, 0.2) is 0 Å². The number of rotatable bonds is 6. The number of aliphatic hydroxyl groups is 1. The van der Waals surface area contributed by atoms with E-state index in [9.17, 15) is 5.11 Å². The minimum atomic E-state index is -0.181. The molecule has 0 amide bonds. The molecule has 2 heteroatoms. The molecule has 0 saturated heterocycles. The first kappa shape index (κ1) is 12.1.